The highest BCUT2D eigenvalue weighted by molar-refractivity contribution is 5.94. The predicted octanol–water partition coefficient (Wildman–Crippen LogP) is 2.03. The summed E-state index contributed by atoms with van der Waals surface area (Å²) in [4.78, 5) is 13.6. The standard InChI is InChI=1S/C14H18FNO3/c1-16(8-10-3-2-6-19-9-10)14(18)12-5-4-11(17)7-13(12)15/h4-5,7,10,17H,2-3,6,8-9H2,1H3. The van der Waals surface area contributed by atoms with Gasteiger partial charge in [-0.05, 0) is 30.9 Å². The van der Waals surface area contributed by atoms with Crippen LogP contribution < -0.4 is 0 Å². The summed E-state index contributed by atoms with van der Waals surface area (Å²) in [5.74, 6) is -0.944. The number of halogens is 1. The summed E-state index contributed by atoms with van der Waals surface area (Å²) in [7, 11) is 1.66. The molecule has 2 rings (SSSR count). The molecule has 1 amide bonds. The van der Waals surface area contributed by atoms with E-state index < -0.39 is 5.82 Å². The zero-order chi connectivity index (χ0) is 13.8. The van der Waals surface area contributed by atoms with Crippen LogP contribution in [-0.2, 0) is 4.74 Å². The average molecular weight is 267 g/mol. The first-order chi connectivity index (χ1) is 9.08. The van der Waals surface area contributed by atoms with Crippen molar-refractivity contribution in [1.82, 2.24) is 4.90 Å². The van der Waals surface area contributed by atoms with Crippen LogP contribution in [0.15, 0.2) is 18.2 Å². The van der Waals surface area contributed by atoms with E-state index in [1.807, 2.05) is 0 Å². The largest absolute Gasteiger partial charge is 0.508 e. The van der Waals surface area contributed by atoms with Crippen molar-refractivity contribution in [2.24, 2.45) is 5.92 Å². The van der Waals surface area contributed by atoms with Crippen molar-refractivity contribution in [2.75, 3.05) is 26.8 Å². The Morgan fingerprint density at radius 1 is 1.58 bits per heavy atom. The summed E-state index contributed by atoms with van der Waals surface area (Å²) in [6.45, 7) is 1.98. The Morgan fingerprint density at radius 3 is 3.00 bits per heavy atom. The van der Waals surface area contributed by atoms with Crippen LogP contribution in [0, 0.1) is 11.7 Å². The molecule has 1 atom stereocenters. The number of phenolic OH excluding ortho intramolecular Hbond substituents is 1. The van der Waals surface area contributed by atoms with Gasteiger partial charge in [-0.25, -0.2) is 4.39 Å². The first-order valence-electron chi connectivity index (χ1n) is 6.39. The van der Waals surface area contributed by atoms with Crippen molar-refractivity contribution < 1.29 is 19.0 Å². The third-order valence-corrected chi connectivity index (χ3v) is 3.32. The Hall–Kier alpha value is -1.62. The Morgan fingerprint density at radius 2 is 2.37 bits per heavy atom. The van der Waals surface area contributed by atoms with E-state index in [0.717, 1.165) is 25.5 Å². The molecule has 1 heterocycles. The van der Waals surface area contributed by atoms with Gasteiger partial charge in [0, 0.05) is 26.3 Å². The van der Waals surface area contributed by atoms with Crippen LogP contribution in [0.5, 0.6) is 5.75 Å². The third-order valence-electron chi connectivity index (χ3n) is 3.32. The van der Waals surface area contributed by atoms with Crippen molar-refractivity contribution >= 4 is 5.91 Å². The van der Waals surface area contributed by atoms with Crippen LogP contribution in [0.4, 0.5) is 4.39 Å². The molecule has 0 spiro atoms. The highest BCUT2D eigenvalue weighted by Crippen LogP contribution is 2.19. The summed E-state index contributed by atoms with van der Waals surface area (Å²) in [6.07, 6.45) is 2.02. The number of benzene rings is 1. The topological polar surface area (TPSA) is 49.8 Å². The number of phenols is 1. The van der Waals surface area contributed by atoms with Crippen molar-refractivity contribution in [3.8, 4) is 5.75 Å². The van der Waals surface area contributed by atoms with E-state index in [9.17, 15) is 9.18 Å². The summed E-state index contributed by atoms with van der Waals surface area (Å²) in [5.41, 5.74) is -0.0166. The van der Waals surface area contributed by atoms with Crippen LogP contribution in [0.1, 0.15) is 23.2 Å². The van der Waals surface area contributed by atoms with E-state index in [1.165, 1.54) is 17.0 Å². The number of hydrogen-bond donors (Lipinski definition) is 1. The molecule has 1 aliphatic rings. The number of carbonyl (C=O) groups excluding carboxylic acids is 1. The molecule has 104 valence electrons. The van der Waals surface area contributed by atoms with Crippen molar-refractivity contribution in [2.45, 2.75) is 12.8 Å². The highest BCUT2D eigenvalue weighted by Gasteiger charge is 2.21. The van der Waals surface area contributed by atoms with Crippen molar-refractivity contribution in [1.29, 1.82) is 0 Å². The Labute approximate surface area is 111 Å². The molecule has 4 nitrogen and oxygen atoms in total. The van der Waals surface area contributed by atoms with Gasteiger partial charge in [-0.1, -0.05) is 0 Å². The monoisotopic (exact) mass is 267 g/mol. The molecular formula is C14H18FNO3. The van der Waals surface area contributed by atoms with E-state index >= 15 is 0 Å². The molecule has 0 bridgehead atoms. The lowest BCUT2D eigenvalue weighted by atomic mass is 10.0. The quantitative estimate of drug-likeness (QED) is 0.911. The average Bonchev–Trinajstić information content (AvgIpc) is 2.39. The van der Waals surface area contributed by atoms with Crippen LogP contribution in [0.25, 0.3) is 0 Å². The summed E-state index contributed by atoms with van der Waals surface area (Å²) < 4.78 is 19.0. The minimum Gasteiger partial charge on any atom is -0.508 e. The van der Waals surface area contributed by atoms with E-state index in [1.54, 1.807) is 7.05 Å². The molecule has 19 heavy (non-hydrogen) atoms. The van der Waals surface area contributed by atoms with Crippen LogP contribution in [0.3, 0.4) is 0 Å². The Bertz CT molecular complexity index is 458. The molecule has 0 radical (unpaired) electrons. The number of amides is 1. The Balaban J connectivity index is 2.01. The summed E-state index contributed by atoms with van der Waals surface area (Å²) in [6, 6.07) is 3.57. The van der Waals surface area contributed by atoms with Gasteiger partial charge in [-0.2, -0.15) is 0 Å². The summed E-state index contributed by atoms with van der Waals surface area (Å²) >= 11 is 0. The van der Waals surface area contributed by atoms with Crippen molar-refractivity contribution in [3.63, 3.8) is 0 Å². The summed E-state index contributed by atoms with van der Waals surface area (Å²) in [5, 5.41) is 9.14. The molecule has 1 aliphatic heterocycles. The van der Waals surface area contributed by atoms with Gasteiger partial charge in [0.05, 0.1) is 12.2 Å². The molecule has 0 aromatic heterocycles. The minimum atomic E-state index is -0.697. The van der Waals surface area contributed by atoms with Crippen molar-refractivity contribution in [3.05, 3.63) is 29.6 Å². The number of hydrogen-bond acceptors (Lipinski definition) is 3. The van der Waals surface area contributed by atoms with Gasteiger partial charge >= 0.3 is 0 Å². The molecule has 0 aliphatic carbocycles. The zero-order valence-electron chi connectivity index (χ0n) is 10.9. The van der Waals surface area contributed by atoms with Gasteiger partial charge in [-0.15, -0.1) is 0 Å². The molecule has 1 aromatic carbocycles. The third kappa shape index (κ3) is 3.44. The first kappa shape index (κ1) is 13.8. The maximum atomic E-state index is 13.6. The fourth-order valence-corrected chi connectivity index (χ4v) is 2.30. The van der Waals surface area contributed by atoms with Gasteiger partial charge in [-0.3, -0.25) is 4.79 Å². The minimum absolute atomic E-state index is 0.0166. The fraction of sp³-hybridized carbons (Fsp3) is 0.500. The lowest BCUT2D eigenvalue weighted by molar-refractivity contribution is 0.0387. The van der Waals surface area contributed by atoms with E-state index in [0.29, 0.717) is 19.1 Å². The SMILES string of the molecule is CN(CC1CCCOC1)C(=O)c1ccc(O)cc1F. The van der Waals surface area contributed by atoms with Gasteiger partial charge < -0.3 is 14.7 Å². The van der Waals surface area contributed by atoms with Crippen LogP contribution in [0.2, 0.25) is 0 Å². The molecule has 1 aromatic rings. The second-order valence-electron chi connectivity index (χ2n) is 4.93. The highest BCUT2D eigenvalue weighted by atomic mass is 19.1. The van der Waals surface area contributed by atoms with Crippen LogP contribution >= 0.6 is 0 Å². The second kappa shape index (κ2) is 6.02. The predicted molar refractivity (Wildman–Crippen MR) is 68.6 cm³/mol. The Kier molecular flexibility index (Phi) is 4.37. The number of rotatable bonds is 3. The lowest BCUT2D eigenvalue weighted by Gasteiger charge is -2.27. The zero-order valence-corrected chi connectivity index (χ0v) is 10.9. The normalized spacial score (nSPS) is 19.2. The van der Waals surface area contributed by atoms with E-state index in [2.05, 4.69) is 0 Å². The van der Waals surface area contributed by atoms with Crippen LogP contribution in [-0.4, -0.2) is 42.7 Å². The van der Waals surface area contributed by atoms with Gasteiger partial charge in [0.15, 0.2) is 0 Å². The maximum Gasteiger partial charge on any atom is 0.256 e. The number of carbonyl (C=O) groups is 1. The fourth-order valence-electron chi connectivity index (χ4n) is 2.30. The van der Waals surface area contributed by atoms with Gasteiger partial charge in [0.2, 0.25) is 0 Å². The molecule has 5 heteroatoms. The molecule has 1 fully saturated rings. The maximum absolute atomic E-state index is 13.6. The van der Waals surface area contributed by atoms with Gasteiger partial charge in [0.1, 0.15) is 11.6 Å². The first-order valence-corrected chi connectivity index (χ1v) is 6.39. The molecular weight excluding hydrogens is 249 g/mol. The van der Waals surface area contributed by atoms with E-state index in [-0.39, 0.29) is 17.2 Å². The lowest BCUT2D eigenvalue weighted by Crippen LogP contribution is -2.35. The second-order valence-corrected chi connectivity index (χ2v) is 4.93. The number of nitrogens with zero attached hydrogens (tertiary/aromatic N) is 1. The smallest absolute Gasteiger partial charge is 0.256 e. The number of ether oxygens (including phenoxy) is 1. The number of aromatic hydroxyl groups is 1. The molecule has 0 saturated carbocycles. The molecule has 1 unspecified atom stereocenters. The van der Waals surface area contributed by atoms with Gasteiger partial charge in [0.25, 0.3) is 5.91 Å². The molecule has 1 saturated heterocycles. The molecule has 1 N–H and O–H groups in total. The van der Waals surface area contributed by atoms with E-state index in [4.69, 9.17) is 9.84 Å².